The number of aryl methyl sites for hydroxylation is 2. The Balaban J connectivity index is 0.000000353. The van der Waals surface area contributed by atoms with Gasteiger partial charge >= 0.3 is 0 Å². The smallest absolute Gasteiger partial charge is 0.110 e. The summed E-state index contributed by atoms with van der Waals surface area (Å²) in [6.45, 7) is 9.86. The van der Waals surface area contributed by atoms with Crippen molar-refractivity contribution in [2.75, 3.05) is 14.1 Å². The van der Waals surface area contributed by atoms with E-state index < -0.39 is 0 Å². The number of hydrogen-bond donors (Lipinski definition) is 0. The Kier molecular flexibility index (Phi) is 6.18. The van der Waals surface area contributed by atoms with Crippen LogP contribution in [0.2, 0.25) is 0 Å². The van der Waals surface area contributed by atoms with Crippen molar-refractivity contribution in [3.63, 3.8) is 0 Å². The third-order valence-corrected chi connectivity index (χ3v) is 5.13. The largest absolute Gasteiger partial charge is 0.382 e. The first-order valence-electron chi connectivity index (χ1n) is 9.81. The van der Waals surface area contributed by atoms with Crippen molar-refractivity contribution in [2.45, 2.75) is 20.8 Å². The second kappa shape index (κ2) is 8.78. The lowest BCUT2D eigenvalue weighted by Crippen LogP contribution is -2.05. The van der Waals surface area contributed by atoms with Crippen molar-refractivity contribution in [2.24, 2.45) is 0 Å². The summed E-state index contributed by atoms with van der Waals surface area (Å²) >= 11 is 0. The van der Waals surface area contributed by atoms with E-state index >= 15 is 0 Å². The van der Waals surface area contributed by atoms with Gasteiger partial charge in [-0.3, -0.25) is 4.57 Å². The Morgan fingerprint density at radius 1 is 0.897 bits per heavy atom. The van der Waals surface area contributed by atoms with Crippen LogP contribution < -0.4 is 0 Å². The molecule has 4 aromatic rings. The van der Waals surface area contributed by atoms with Crippen molar-refractivity contribution in [3.8, 4) is 16.9 Å². The van der Waals surface area contributed by atoms with Gasteiger partial charge in [0.1, 0.15) is 5.82 Å². The summed E-state index contributed by atoms with van der Waals surface area (Å²) in [5.41, 5.74) is 5.89. The molecule has 0 amide bonds. The molecule has 3 nitrogen and oxygen atoms in total. The lowest BCUT2D eigenvalue weighted by molar-refractivity contribution is 0.516. The quantitative estimate of drug-likeness (QED) is 0.409. The molecule has 29 heavy (non-hydrogen) atoms. The van der Waals surface area contributed by atoms with Gasteiger partial charge < -0.3 is 4.90 Å². The van der Waals surface area contributed by atoms with Gasteiger partial charge in [-0.15, -0.1) is 0 Å². The van der Waals surface area contributed by atoms with E-state index in [-0.39, 0.29) is 0 Å². The first-order valence-corrected chi connectivity index (χ1v) is 9.81. The first-order chi connectivity index (χ1) is 13.9. The molecule has 0 bridgehead atoms. The minimum absolute atomic E-state index is 1.000. The van der Waals surface area contributed by atoms with Crippen LogP contribution in [0, 0.1) is 13.8 Å². The van der Waals surface area contributed by atoms with Crippen molar-refractivity contribution in [3.05, 3.63) is 96.6 Å². The molecule has 148 valence electrons. The summed E-state index contributed by atoms with van der Waals surface area (Å²) < 4.78 is 2.25. The van der Waals surface area contributed by atoms with Crippen LogP contribution in [-0.4, -0.2) is 28.5 Å². The highest BCUT2D eigenvalue weighted by molar-refractivity contribution is 5.91. The van der Waals surface area contributed by atoms with Gasteiger partial charge in [0, 0.05) is 30.7 Å². The molecule has 0 aliphatic carbocycles. The summed E-state index contributed by atoms with van der Waals surface area (Å²) in [6, 6.07) is 23.4. The van der Waals surface area contributed by atoms with Crippen LogP contribution in [0.3, 0.4) is 0 Å². The van der Waals surface area contributed by atoms with Gasteiger partial charge in [-0.1, -0.05) is 67.2 Å². The fourth-order valence-corrected chi connectivity index (χ4v) is 3.20. The molecule has 4 rings (SSSR count). The maximum atomic E-state index is 4.58. The van der Waals surface area contributed by atoms with E-state index in [1.54, 1.807) is 0 Å². The number of allylic oxidation sites excluding steroid dienone is 1. The highest BCUT2D eigenvalue weighted by atomic mass is 15.1. The molecule has 0 atom stereocenters. The zero-order valence-electron chi connectivity index (χ0n) is 18.0. The van der Waals surface area contributed by atoms with E-state index in [1.807, 2.05) is 32.1 Å². The molecule has 0 saturated carbocycles. The number of hydrogen-bond acceptors (Lipinski definition) is 2. The van der Waals surface area contributed by atoms with E-state index in [0.29, 0.717) is 0 Å². The summed E-state index contributed by atoms with van der Waals surface area (Å²) in [5.74, 6) is 1.000. The predicted molar refractivity (Wildman–Crippen MR) is 124 cm³/mol. The van der Waals surface area contributed by atoms with Gasteiger partial charge in [0.25, 0.3) is 0 Å². The van der Waals surface area contributed by atoms with Crippen molar-refractivity contribution < 1.29 is 0 Å². The highest BCUT2D eigenvalue weighted by Crippen LogP contribution is 2.30. The third-order valence-electron chi connectivity index (χ3n) is 5.13. The van der Waals surface area contributed by atoms with Gasteiger partial charge in [0.2, 0.25) is 0 Å². The van der Waals surface area contributed by atoms with Crippen molar-refractivity contribution >= 4 is 10.8 Å². The molecule has 3 heteroatoms. The molecule has 0 fully saturated rings. The fourth-order valence-electron chi connectivity index (χ4n) is 3.20. The van der Waals surface area contributed by atoms with Gasteiger partial charge in [-0.05, 0) is 37.8 Å². The first kappa shape index (κ1) is 20.4. The zero-order chi connectivity index (χ0) is 21.0. The average Bonchev–Trinajstić information content (AvgIpc) is 3.09. The van der Waals surface area contributed by atoms with Gasteiger partial charge in [0.15, 0.2) is 0 Å². The summed E-state index contributed by atoms with van der Waals surface area (Å²) in [7, 11) is 3.95. The molecule has 1 heterocycles. The predicted octanol–water partition coefficient (Wildman–Crippen LogP) is 6.39. The van der Waals surface area contributed by atoms with E-state index in [0.717, 1.165) is 17.2 Å². The number of fused-ring (bicyclic) bond motifs is 1. The number of imidazole rings is 1. The van der Waals surface area contributed by atoms with Crippen molar-refractivity contribution in [1.29, 1.82) is 0 Å². The molecule has 0 N–H and O–H groups in total. The summed E-state index contributed by atoms with van der Waals surface area (Å²) in [5, 5.41) is 2.49. The number of aromatic nitrogens is 2. The number of benzene rings is 3. The van der Waals surface area contributed by atoms with E-state index in [2.05, 4.69) is 96.7 Å². The van der Waals surface area contributed by atoms with E-state index in [1.165, 1.54) is 27.6 Å². The second-order valence-electron chi connectivity index (χ2n) is 7.47. The molecule has 0 unspecified atom stereocenters. The van der Waals surface area contributed by atoms with Crippen LogP contribution in [0.1, 0.15) is 18.3 Å². The lowest BCUT2D eigenvalue weighted by atomic mass is 10.0. The Hall–Kier alpha value is -3.33. The standard InChI is InChI=1S/C21H18N2.C5H11N/c1-15-8-3-5-11-18(15)21-14-22-16(2)23(21)20-13-7-10-17-9-4-6-12-19(17)20;1-5(2)6(3)4/h3-14H,1-2H3;1H2,2-4H3. The average molecular weight is 384 g/mol. The topological polar surface area (TPSA) is 21.1 Å². The molecule has 3 aromatic carbocycles. The van der Waals surface area contributed by atoms with E-state index in [4.69, 9.17) is 0 Å². The van der Waals surface area contributed by atoms with Crippen LogP contribution in [0.5, 0.6) is 0 Å². The Morgan fingerprint density at radius 2 is 1.52 bits per heavy atom. The summed E-state index contributed by atoms with van der Waals surface area (Å²) in [4.78, 5) is 6.55. The molecule has 0 saturated heterocycles. The van der Waals surface area contributed by atoms with Crippen LogP contribution in [0.25, 0.3) is 27.7 Å². The zero-order valence-corrected chi connectivity index (χ0v) is 18.0. The van der Waals surface area contributed by atoms with Crippen LogP contribution >= 0.6 is 0 Å². The minimum Gasteiger partial charge on any atom is -0.382 e. The molecule has 0 spiro atoms. The minimum atomic E-state index is 1.000. The maximum absolute atomic E-state index is 4.58. The SMILES string of the molecule is C=C(C)N(C)C.Cc1ccccc1-c1cnc(C)n1-c1cccc2ccccc12. The van der Waals surface area contributed by atoms with Gasteiger partial charge in [-0.25, -0.2) is 4.98 Å². The van der Waals surface area contributed by atoms with Crippen LogP contribution in [0.15, 0.2) is 85.2 Å². The van der Waals surface area contributed by atoms with Crippen LogP contribution in [0.4, 0.5) is 0 Å². The molecule has 0 radical (unpaired) electrons. The third kappa shape index (κ3) is 4.40. The summed E-state index contributed by atoms with van der Waals surface area (Å²) in [6.07, 6.45) is 1.97. The monoisotopic (exact) mass is 383 g/mol. The molecule has 1 aromatic heterocycles. The highest BCUT2D eigenvalue weighted by Gasteiger charge is 2.14. The molecule has 0 aliphatic heterocycles. The molecular formula is C26H29N3. The second-order valence-corrected chi connectivity index (χ2v) is 7.47. The Labute approximate surface area is 173 Å². The Morgan fingerprint density at radius 3 is 2.21 bits per heavy atom. The van der Waals surface area contributed by atoms with Crippen LogP contribution in [-0.2, 0) is 0 Å². The Bertz CT molecular complexity index is 1130. The van der Waals surface area contributed by atoms with Crippen molar-refractivity contribution in [1.82, 2.24) is 14.5 Å². The van der Waals surface area contributed by atoms with E-state index in [9.17, 15) is 0 Å². The number of rotatable bonds is 3. The fraction of sp³-hybridized carbons (Fsp3) is 0.192. The molecular weight excluding hydrogens is 354 g/mol. The van der Waals surface area contributed by atoms with Gasteiger partial charge in [0.05, 0.1) is 17.6 Å². The maximum Gasteiger partial charge on any atom is 0.110 e. The lowest BCUT2D eigenvalue weighted by Gasteiger charge is -2.14. The number of nitrogens with zero attached hydrogens (tertiary/aromatic N) is 3. The molecule has 0 aliphatic rings. The normalized spacial score (nSPS) is 10.4. The van der Waals surface area contributed by atoms with Gasteiger partial charge in [-0.2, -0.15) is 0 Å².